The molecule has 0 saturated carbocycles. The van der Waals surface area contributed by atoms with Gasteiger partial charge in [-0.1, -0.05) is 109 Å². The second kappa shape index (κ2) is 9.14. The van der Waals surface area contributed by atoms with Crippen LogP contribution >= 0.6 is 0 Å². The highest BCUT2D eigenvalue weighted by Crippen LogP contribution is 2.30. The third kappa shape index (κ3) is 3.98. The maximum Gasteiger partial charge on any atom is 0.0715 e. The Kier molecular flexibility index (Phi) is 5.17. The van der Waals surface area contributed by atoms with Crippen LogP contribution in [0.25, 0.3) is 77.0 Å². The predicted octanol–water partition coefficient (Wildman–Crippen LogP) is 10.1. The minimum atomic E-state index is 0.986. The maximum absolute atomic E-state index is 4.97. The number of hydrogen-bond donors (Lipinski definition) is 0. The average molecular weight is 509 g/mol. The molecule has 0 aliphatic rings. The van der Waals surface area contributed by atoms with Crippen molar-refractivity contribution in [1.82, 2.24) is 9.97 Å². The monoisotopic (exact) mass is 508 g/mol. The third-order valence-electron chi connectivity index (χ3n) is 7.81. The normalized spacial score (nSPS) is 11.5. The number of nitrogens with zero attached hydrogens (tertiary/aromatic N) is 2. The van der Waals surface area contributed by atoms with Crippen LogP contribution in [0, 0.1) is 0 Å². The van der Waals surface area contributed by atoms with Crippen molar-refractivity contribution in [3.05, 3.63) is 146 Å². The molecular formula is C38H24N2. The summed E-state index contributed by atoms with van der Waals surface area (Å²) in [5.74, 6) is 0. The molecule has 0 saturated heterocycles. The lowest BCUT2D eigenvalue weighted by atomic mass is 10.00. The summed E-state index contributed by atoms with van der Waals surface area (Å²) in [5, 5.41) is 7.23. The Bertz CT molecular complexity index is 2030. The molecule has 0 atom stereocenters. The molecule has 0 bridgehead atoms. The van der Waals surface area contributed by atoms with Crippen molar-refractivity contribution < 1.29 is 0 Å². The van der Waals surface area contributed by atoms with Crippen LogP contribution in [-0.4, -0.2) is 9.97 Å². The molecule has 0 fully saturated rings. The summed E-state index contributed by atoms with van der Waals surface area (Å²) >= 11 is 0. The van der Waals surface area contributed by atoms with Gasteiger partial charge in [-0.15, -0.1) is 0 Å². The van der Waals surface area contributed by atoms with E-state index in [0.29, 0.717) is 0 Å². The number of benzene rings is 6. The minimum absolute atomic E-state index is 0.986. The SMILES string of the molecule is c1ccc2cc3nc(-c4ccc(-c5ccc(-c6ccc7cc8ccccc8cc7n6)cc5)cc4)ccc3cc2c1. The summed E-state index contributed by atoms with van der Waals surface area (Å²) in [5.41, 5.74) is 8.60. The Morgan fingerprint density at radius 2 is 0.625 bits per heavy atom. The van der Waals surface area contributed by atoms with E-state index in [1.807, 2.05) is 0 Å². The fraction of sp³-hybridized carbons (Fsp3) is 0. The number of hydrogen-bond acceptors (Lipinski definition) is 2. The van der Waals surface area contributed by atoms with Crippen LogP contribution in [0.5, 0.6) is 0 Å². The van der Waals surface area contributed by atoms with Crippen LogP contribution < -0.4 is 0 Å². The van der Waals surface area contributed by atoms with E-state index in [9.17, 15) is 0 Å². The molecule has 2 heteroatoms. The standard InChI is InChI=1S/C38H24N2/c1-3-7-31-23-37-33(21-29(31)5-1)17-19-35(39-37)27-13-9-25(10-14-27)26-11-15-28(16-12-26)36-20-18-34-22-30-6-2-4-8-32(30)24-38(34)40-36/h1-24H. The van der Waals surface area contributed by atoms with Gasteiger partial charge >= 0.3 is 0 Å². The molecule has 40 heavy (non-hydrogen) atoms. The van der Waals surface area contributed by atoms with Gasteiger partial charge in [-0.25, -0.2) is 9.97 Å². The van der Waals surface area contributed by atoms with E-state index in [1.54, 1.807) is 0 Å². The second-order valence-electron chi connectivity index (χ2n) is 10.3. The topological polar surface area (TPSA) is 25.8 Å². The molecular weight excluding hydrogens is 484 g/mol. The van der Waals surface area contributed by atoms with Gasteiger partial charge in [0.1, 0.15) is 0 Å². The van der Waals surface area contributed by atoms with Crippen molar-refractivity contribution in [2.75, 3.05) is 0 Å². The van der Waals surface area contributed by atoms with Gasteiger partial charge in [0.15, 0.2) is 0 Å². The summed E-state index contributed by atoms with van der Waals surface area (Å²) in [4.78, 5) is 9.95. The summed E-state index contributed by atoms with van der Waals surface area (Å²) < 4.78 is 0. The van der Waals surface area contributed by atoms with Gasteiger partial charge in [0.25, 0.3) is 0 Å². The second-order valence-corrected chi connectivity index (χ2v) is 10.3. The van der Waals surface area contributed by atoms with Crippen LogP contribution in [-0.2, 0) is 0 Å². The number of pyridine rings is 2. The van der Waals surface area contributed by atoms with E-state index in [4.69, 9.17) is 9.97 Å². The molecule has 8 rings (SSSR count). The molecule has 0 amide bonds. The molecule has 2 aromatic heterocycles. The summed E-state index contributed by atoms with van der Waals surface area (Å²) in [6.45, 7) is 0. The molecule has 0 spiro atoms. The molecule has 6 aromatic carbocycles. The van der Waals surface area contributed by atoms with Crippen LogP contribution in [0.15, 0.2) is 146 Å². The number of fused-ring (bicyclic) bond motifs is 4. The van der Waals surface area contributed by atoms with Gasteiger partial charge in [0.2, 0.25) is 0 Å². The highest BCUT2D eigenvalue weighted by atomic mass is 14.7. The van der Waals surface area contributed by atoms with Crippen molar-refractivity contribution in [3.63, 3.8) is 0 Å². The first-order chi connectivity index (χ1) is 19.8. The first-order valence-corrected chi connectivity index (χ1v) is 13.6. The van der Waals surface area contributed by atoms with E-state index in [2.05, 4.69) is 146 Å². The molecule has 0 N–H and O–H groups in total. The highest BCUT2D eigenvalue weighted by molar-refractivity contribution is 5.98. The minimum Gasteiger partial charge on any atom is -0.248 e. The Hall–Kier alpha value is -5.34. The van der Waals surface area contributed by atoms with Gasteiger partial charge < -0.3 is 0 Å². The van der Waals surface area contributed by atoms with E-state index in [1.165, 1.54) is 32.7 Å². The van der Waals surface area contributed by atoms with Gasteiger partial charge in [-0.3, -0.25) is 0 Å². The summed E-state index contributed by atoms with van der Waals surface area (Å²) in [7, 11) is 0. The van der Waals surface area contributed by atoms with Crippen LogP contribution in [0.1, 0.15) is 0 Å². The third-order valence-corrected chi connectivity index (χ3v) is 7.81. The zero-order valence-corrected chi connectivity index (χ0v) is 21.8. The molecule has 0 radical (unpaired) electrons. The van der Waals surface area contributed by atoms with Crippen LogP contribution in [0.4, 0.5) is 0 Å². The first-order valence-electron chi connectivity index (χ1n) is 13.6. The van der Waals surface area contributed by atoms with Crippen molar-refractivity contribution in [1.29, 1.82) is 0 Å². The predicted molar refractivity (Wildman–Crippen MR) is 168 cm³/mol. The Morgan fingerprint density at radius 3 is 1.02 bits per heavy atom. The fourth-order valence-corrected chi connectivity index (χ4v) is 5.61. The van der Waals surface area contributed by atoms with Crippen molar-refractivity contribution >= 4 is 43.4 Å². The molecule has 2 heterocycles. The Balaban J connectivity index is 1.07. The van der Waals surface area contributed by atoms with Crippen LogP contribution in [0.3, 0.4) is 0 Å². The van der Waals surface area contributed by atoms with Crippen molar-refractivity contribution in [2.45, 2.75) is 0 Å². The average Bonchev–Trinajstić information content (AvgIpc) is 3.02. The molecule has 186 valence electrons. The lowest BCUT2D eigenvalue weighted by Gasteiger charge is -2.08. The molecule has 0 unspecified atom stereocenters. The lowest BCUT2D eigenvalue weighted by Crippen LogP contribution is -1.88. The smallest absolute Gasteiger partial charge is 0.0715 e. The zero-order chi connectivity index (χ0) is 26.5. The van der Waals surface area contributed by atoms with E-state index < -0.39 is 0 Å². The van der Waals surface area contributed by atoms with Gasteiger partial charge in [-0.05, 0) is 69.1 Å². The Morgan fingerprint density at radius 1 is 0.275 bits per heavy atom. The highest BCUT2D eigenvalue weighted by Gasteiger charge is 2.07. The molecule has 0 aliphatic heterocycles. The lowest BCUT2D eigenvalue weighted by molar-refractivity contribution is 1.40. The van der Waals surface area contributed by atoms with Crippen molar-refractivity contribution in [2.24, 2.45) is 0 Å². The van der Waals surface area contributed by atoms with Crippen LogP contribution in [0.2, 0.25) is 0 Å². The number of rotatable bonds is 3. The molecule has 2 nitrogen and oxygen atoms in total. The van der Waals surface area contributed by atoms with Gasteiger partial charge in [0.05, 0.1) is 22.4 Å². The van der Waals surface area contributed by atoms with E-state index >= 15 is 0 Å². The van der Waals surface area contributed by atoms with E-state index in [0.717, 1.165) is 44.3 Å². The fourth-order valence-electron chi connectivity index (χ4n) is 5.61. The van der Waals surface area contributed by atoms with Gasteiger partial charge in [-0.2, -0.15) is 0 Å². The summed E-state index contributed by atoms with van der Waals surface area (Å²) in [6.07, 6.45) is 0. The van der Waals surface area contributed by atoms with Crippen molar-refractivity contribution in [3.8, 4) is 33.6 Å². The summed E-state index contributed by atoms with van der Waals surface area (Å²) in [6, 6.07) is 51.6. The molecule has 8 aromatic rings. The van der Waals surface area contributed by atoms with E-state index in [-0.39, 0.29) is 0 Å². The molecule has 0 aliphatic carbocycles. The Labute approximate surface area is 232 Å². The number of aromatic nitrogens is 2. The zero-order valence-electron chi connectivity index (χ0n) is 21.8. The maximum atomic E-state index is 4.97. The quantitative estimate of drug-likeness (QED) is 0.222. The first kappa shape index (κ1) is 22.6. The van der Waals surface area contributed by atoms with Gasteiger partial charge in [0, 0.05) is 21.9 Å². The largest absolute Gasteiger partial charge is 0.248 e.